The van der Waals surface area contributed by atoms with E-state index < -0.39 is 5.97 Å². The molecule has 4 rings (SSSR count). The number of anilines is 1. The fourth-order valence-corrected chi connectivity index (χ4v) is 4.23. The third-order valence-electron chi connectivity index (χ3n) is 4.90. The maximum atomic E-state index is 14.5. The van der Waals surface area contributed by atoms with Crippen LogP contribution in [0.5, 0.6) is 0 Å². The second kappa shape index (κ2) is 5.74. The van der Waals surface area contributed by atoms with Gasteiger partial charge < -0.3 is 10.4 Å². The predicted octanol–water partition coefficient (Wildman–Crippen LogP) is 5.11. The van der Waals surface area contributed by atoms with Crippen molar-refractivity contribution < 1.29 is 14.3 Å². The Hall–Kier alpha value is -2.14. The molecule has 0 amide bonds. The van der Waals surface area contributed by atoms with Crippen molar-refractivity contribution in [2.24, 2.45) is 5.92 Å². The van der Waals surface area contributed by atoms with Gasteiger partial charge >= 0.3 is 5.97 Å². The van der Waals surface area contributed by atoms with E-state index in [-0.39, 0.29) is 23.3 Å². The molecule has 2 N–H and O–H groups in total. The minimum absolute atomic E-state index is 0.0454. The zero-order chi connectivity index (χ0) is 16.8. The van der Waals surface area contributed by atoms with Gasteiger partial charge in [-0.15, -0.1) is 0 Å². The molecule has 2 aromatic carbocycles. The Labute approximate surface area is 147 Å². The van der Waals surface area contributed by atoms with Crippen molar-refractivity contribution in [2.75, 3.05) is 5.32 Å². The molecule has 0 aromatic heterocycles. The summed E-state index contributed by atoms with van der Waals surface area (Å²) in [5, 5.41) is 12.4. The molecule has 0 radical (unpaired) electrons. The lowest BCUT2D eigenvalue weighted by Crippen LogP contribution is -2.29. The monoisotopic (exact) mass is 387 g/mol. The van der Waals surface area contributed by atoms with E-state index in [0.717, 1.165) is 22.0 Å². The molecule has 0 saturated heterocycles. The van der Waals surface area contributed by atoms with Crippen molar-refractivity contribution in [1.29, 1.82) is 0 Å². The molecule has 3 atom stereocenters. The van der Waals surface area contributed by atoms with E-state index in [0.29, 0.717) is 11.6 Å². The molecule has 1 aliphatic carbocycles. The van der Waals surface area contributed by atoms with Crippen molar-refractivity contribution in [3.05, 3.63) is 75.5 Å². The van der Waals surface area contributed by atoms with Gasteiger partial charge in [0.15, 0.2) is 0 Å². The van der Waals surface area contributed by atoms with Crippen molar-refractivity contribution in [3.63, 3.8) is 0 Å². The van der Waals surface area contributed by atoms with Gasteiger partial charge in [-0.1, -0.05) is 40.2 Å². The average Bonchev–Trinajstić information content (AvgIpc) is 3.04. The Morgan fingerprint density at radius 1 is 1.25 bits per heavy atom. The number of fused-ring (bicyclic) bond motifs is 3. The highest BCUT2D eigenvalue weighted by molar-refractivity contribution is 9.10. The Morgan fingerprint density at radius 2 is 2.00 bits per heavy atom. The van der Waals surface area contributed by atoms with Gasteiger partial charge in [-0.2, -0.15) is 0 Å². The summed E-state index contributed by atoms with van der Waals surface area (Å²) in [6, 6.07) is 10.2. The summed E-state index contributed by atoms with van der Waals surface area (Å²) in [5.41, 5.74) is 2.75. The molecule has 5 heteroatoms. The lowest BCUT2D eigenvalue weighted by Gasteiger charge is -2.37. The number of hydrogen-bond donors (Lipinski definition) is 2. The minimum atomic E-state index is -0.945. The van der Waals surface area contributed by atoms with Crippen LogP contribution in [0.15, 0.2) is 53.0 Å². The number of nitrogens with one attached hydrogen (secondary N) is 1. The van der Waals surface area contributed by atoms with Gasteiger partial charge in [0, 0.05) is 10.4 Å². The Morgan fingerprint density at radius 3 is 2.71 bits per heavy atom. The third-order valence-corrected chi connectivity index (χ3v) is 5.36. The zero-order valence-electron chi connectivity index (χ0n) is 12.7. The fourth-order valence-electron chi connectivity index (χ4n) is 3.78. The first kappa shape index (κ1) is 15.4. The molecular weight excluding hydrogens is 373 g/mol. The lowest BCUT2D eigenvalue weighted by molar-refractivity contribution is 0.0697. The van der Waals surface area contributed by atoms with Crippen LogP contribution in [0.25, 0.3) is 0 Å². The van der Waals surface area contributed by atoms with E-state index in [4.69, 9.17) is 5.11 Å². The highest BCUT2D eigenvalue weighted by Crippen LogP contribution is 2.51. The first-order valence-electron chi connectivity index (χ1n) is 7.80. The number of carbonyl (C=O) groups is 1. The second-order valence-electron chi connectivity index (χ2n) is 6.25. The van der Waals surface area contributed by atoms with E-state index in [2.05, 4.69) is 33.4 Å². The average molecular weight is 388 g/mol. The summed E-state index contributed by atoms with van der Waals surface area (Å²) in [6.45, 7) is 0. The SMILES string of the molecule is O=C(O)c1ccc([C@H]2Nc3c(F)cc(Br)cc3C3C=CCC32)cc1. The molecule has 1 aliphatic heterocycles. The smallest absolute Gasteiger partial charge is 0.335 e. The van der Waals surface area contributed by atoms with Crippen molar-refractivity contribution in [3.8, 4) is 0 Å². The summed E-state index contributed by atoms with van der Waals surface area (Å²) < 4.78 is 15.2. The summed E-state index contributed by atoms with van der Waals surface area (Å²) in [7, 11) is 0. The number of halogens is 2. The molecule has 0 bridgehead atoms. The molecule has 2 aromatic rings. The van der Waals surface area contributed by atoms with Gasteiger partial charge in [-0.3, -0.25) is 0 Å². The van der Waals surface area contributed by atoms with E-state index in [1.54, 1.807) is 12.1 Å². The van der Waals surface area contributed by atoms with Crippen LogP contribution in [0.2, 0.25) is 0 Å². The molecule has 0 fully saturated rings. The number of benzene rings is 2. The minimum Gasteiger partial charge on any atom is -0.478 e. The number of carboxylic acids is 1. The summed E-state index contributed by atoms with van der Waals surface area (Å²) in [4.78, 5) is 11.0. The quantitative estimate of drug-likeness (QED) is 0.703. The highest BCUT2D eigenvalue weighted by Gasteiger charge is 2.39. The topological polar surface area (TPSA) is 49.3 Å². The zero-order valence-corrected chi connectivity index (χ0v) is 14.3. The van der Waals surface area contributed by atoms with E-state index in [1.165, 1.54) is 6.07 Å². The molecule has 122 valence electrons. The van der Waals surface area contributed by atoms with Gasteiger partial charge in [0.25, 0.3) is 0 Å². The summed E-state index contributed by atoms with van der Waals surface area (Å²) >= 11 is 3.37. The largest absolute Gasteiger partial charge is 0.478 e. The summed E-state index contributed by atoms with van der Waals surface area (Å²) in [6.07, 6.45) is 5.20. The van der Waals surface area contributed by atoms with Crippen LogP contribution in [0.3, 0.4) is 0 Å². The predicted molar refractivity (Wildman–Crippen MR) is 93.9 cm³/mol. The maximum Gasteiger partial charge on any atom is 0.335 e. The van der Waals surface area contributed by atoms with Crippen LogP contribution < -0.4 is 5.32 Å². The van der Waals surface area contributed by atoms with Crippen molar-refractivity contribution >= 4 is 27.6 Å². The van der Waals surface area contributed by atoms with Gasteiger partial charge in [0.1, 0.15) is 5.82 Å². The maximum absolute atomic E-state index is 14.5. The number of aromatic carboxylic acids is 1. The molecule has 2 unspecified atom stereocenters. The lowest BCUT2D eigenvalue weighted by atomic mass is 9.77. The van der Waals surface area contributed by atoms with Gasteiger partial charge in [-0.05, 0) is 47.7 Å². The van der Waals surface area contributed by atoms with Gasteiger partial charge in [-0.25, -0.2) is 9.18 Å². The first-order valence-corrected chi connectivity index (χ1v) is 8.59. The first-order chi connectivity index (χ1) is 11.5. The van der Waals surface area contributed by atoms with Gasteiger partial charge in [0.05, 0.1) is 17.3 Å². The van der Waals surface area contributed by atoms with E-state index >= 15 is 0 Å². The standard InChI is InChI=1S/C19H15BrFNO2/c20-12-8-15-13-2-1-3-14(13)17(22-18(15)16(21)9-12)10-4-6-11(7-5-10)19(23)24/h1-2,4-9,13-14,17,22H,3H2,(H,23,24)/t13?,14?,17-/m1/s1. The Kier molecular flexibility index (Phi) is 3.68. The normalized spacial score (nSPS) is 24.2. The Balaban J connectivity index is 1.76. The molecule has 24 heavy (non-hydrogen) atoms. The van der Waals surface area contributed by atoms with Crippen molar-refractivity contribution in [1.82, 2.24) is 0 Å². The van der Waals surface area contributed by atoms with Crippen LogP contribution in [0.1, 0.15) is 39.9 Å². The highest BCUT2D eigenvalue weighted by atomic mass is 79.9. The Bertz CT molecular complexity index is 847. The number of hydrogen-bond acceptors (Lipinski definition) is 2. The molecule has 1 heterocycles. The molecule has 0 spiro atoms. The number of allylic oxidation sites excluding steroid dienone is 2. The van der Waals surface area contributed by atoms with Crippen LogP contribution in [0.4, 0.5) is 10.1 Å². The molecular formula is C19H15BrFNO2. The number of rotatable bonds is 2. The van der Waals surface area contributed by atoms with Crippen LogP contribution >= 0.6 is 15.9 Å². The van der Waals surface area contributed by atoms with Gasteiger partial charge in [0.2, 0.25) is 0 Å². The number of carboxylic acid groups (broad SMARTS) is 1. The van der Waals surface area contributed by atoms with Crippen LogP contribution in [-0.2, 0) is 0 Å². The van der Waals surface area contributed by atoms with Crippen molar-refractivity contribution in [2.45, 2.75) is 18.4 Å². The fraction of sp³-hybridized carbons (Fsp3) is 0.211. The molecule has 0 saturated carbocycles. The van der Waals surface area contributed by atoms with Crippen LogP contribution in [0, 0.1) is 11.7 Å². The molecule has 3 nitrogen and oxygen atoms in total. The third kappa shape index (κ3) is 2.44. The van der Waals surface area contributed by atoms with E-state index in [9.17, 15) is 9.18 Å². The van der Waals surface area contributed by atoms with E-state index in [1.807, 2.05) is 18.2 Å². The second-order valence-corrected chi connectivity index (χ2v) is 7.17. The summed E-state index contributed by atoms with van der Waals surface area (Å²) in [5.74, 6) is -0.760. The molecule has 2 aliphatic rings. The van der Waals surface area contributed by atoms with Crippen LogP contribution in [-0.4, -0.2) is 11.1 Å².